The summed E-state index contributed by atoms with van der Waals surface area (Å²) in [6.45, 7) is 14.0. The second-order valence-corrected chi connectivity index (χ2v) is 7.71. The number of hydrogen-bond donors (Lipinski definition) is 1. The van der Waals surface area contributed by atoms with Crippen molar-refractivity contribution in [3.63, 3.8) is 0 Å². The molecule has 7 atom stereocenters. The minimum absolute atomic E-state index is 0.0508. The summed E-state index contributed by atoms with van der Waals surface area (Å²) in [5.74, 6) is -1.67. The number of ether oxygens (including phenoxy) is 3. The van der Waals surface area contributed by atoms with Crippen LogP contribution in [0.5, 0.6) is 0 Å². The zero-order valence-corrected chi connectivity index (χ0v) is 14.2. The number of fused-ring (bicyclic) bond motifs is 3. The molecule has 4 aliphatic rings. The summed E-state index contributed by atoms with van der Waals surface area (Å²) in [4.78, 5) is 24.5. The highest BCUT2D eigenvalue weighted by atomic mass is 16.6. The van der Waals surface area contributed by atoms with Crippen molar-refractivity contribution in [1.82, 2.24) is 0 Å². The number of rotatable bonds is 2. The molecule has 134 valence electrons. The van der Waals surface area contributed by atoms with Gasteiger partial charge in [-0.2, -0.15) is 0 Å². The van der Waals surface area contributed by atoms with Crippen molar-refractivity contribution >= 4 is 11.9 Å². The van der Waals surface area contributed by atoms with Crippen LogP contribution in [0.3, 0.4) is 0 Å². The van der Waals surface area contributed by atoms with Gasteiger partial charge in [-0.25, -0.2) is 9.59 Å². The summed E-state index contributed by atoms with van der Waals surface area (Å²) in [5.41, 5.74) is 0.921. The van der Waals surface area contributed by atoms with Crippen LogP contribution in [0.4, 0.5) is 0 Å². The van der Waals surface area contributed by atoms with E-state index in [0.29, 0.717) is 30.6 Å². The van der Waals surface area contributed by atoms with Crippen molar-refractivity contribution in [2.45, 2.75) is 43.7 Å². The Morgan fingerprint density at radius 2 is 2.00 bits per heavy atom. The SMILES string of the molecule is C=C1C(=O)O[C@@H]2[C@H]3C(=C)[C@@H](O)C[C@H]3C(=C)C[C@H](OC(=O)[C@@]3(C)CO3)[C@@H]12. The predicted molar refractivity (Wildman–Crippen MR) is 87.2 cm³/mol. The first-order valence-corrected chi connectivity index (χ1v) is 8.52. The van der Waals surface area contributed by atoms with E-state index < -0.39 is 41.8 Å². The lowest BCUT2D eigenvalue weighted by molar-refractivity contribution is -0.158. The molecule has 2 saturated heterocycles. The van der Waals surface area contributed by atoms with Crippen LogP contribution in [0.25, 0.3) is 0 Å². The summed E-state index contributed by atoms with van der Waals surface area (Å²) < 4.78 is 16.5. The van der Waals surface area contributed by atoms with Gasteiger partial charge < -0.3 is 19.3 Å². The number of esters is 2. The Balaban J connectivity index is 1.68. The van der Waals surface area contributed by atoms with Gasteiger partial charge >= 0.3 is 11.9 Å². The van der Waals surface area contributed by atoms with E-state index in [1.165, 1.54) is 0 Å². The predicted octanol–water partition coefficient (Wildman–Crippen LogP) is 1.30. The van der Waals surface area contributed by atoms with Crippen LogP contribution < -0.4 is 0 Å². The first-order chi connectivity index (χ1) is 11.7. The van der Waals surface area contributed by atoms with Gasteiger partial charge in [-0.3, -0.25) is 0 Å². The van der Waals surface area contributed by atoms with Crippen LogP contribution in [-0.4, -0.2) is 47.6 Å². The largest absolute Gasteiger partial charge is 0.459 e. The smallest absolute Gasteiger partial charge is 0.340 e. The monoisotopic (exact) mass is 346 g/mol. The fourth-order valence-corrected chi connectivity index (χ4v) is 4.36. The lowest BCUT2D eigenvalue weighted by Gasteiger charge is -2.28. The molecule has 2 heterocycles. The quantitative estimate of drug-likeness (QED) is 0.351. The van der Waals surface area contributed by atoms with Crippen LogP contribution in [0.15, 0.2) is 36.5 Å². The molecule has 0 spiro atoms. The van der Waals surface area contributed by atoms with Gasteiger partial charge in [0.15, 0.2) is 5.60 Å². The Morgan fingerprint density at radius 1 is 1.32 bits per heavy atom. The molecule has 0 bridgehead atoms. The van der Waals surface area contributed by atoms with Gasteiger partial charge in [0.25, 0.3) is 0 Å². The molecule has 0 amide bonds. The van der Waals surface area contributed by atoms with Gasteiger partial charge in [0.1, 0.15) is 12.2 Å². The third kappa shape index (κ3) is 2.39. The Labute approximate surface area is 146 Å². The van der Waals surface area contributed by atoms with Gasteiger partial charge in [-0.1, -0.05) is 25.3 Å². The summed E-state index contributed by atoms with van der Waals surface area (Å²) in [6, 6.07) is 0. The zero-order chi connectivity index (χ0) is 18.1. The van der Waals surface area contributed by atoms with Crippen LogP contribution in [0.1, 0.15) is 19.8 Å². The molecule has 0 radical (unpaired) electrons. The standard InChI is InChI=1S/C19H22O6/c1-8-5-13(24-18(22)19(4)7-23-19)15-10(3)17(21)25-16(15)14-9(2)12(20)6-11(8)14/h11-16,20H,1-3,5-7H2,4H3/t11-,12-,13-,14-,15+,16+,19+/m0/s1. The van der Waals surface area contributed by atoms with Gasteiger partial charge in [0.05, 0.1) is 18.6 Å². The van der Waals surface area contributed by atoms with Gasteiger partial charge in [0, 0.05) is 17.9 Å². The summed E-state index contributed by atoms with van der Waals surface area (Å²) in [6.07, 6.45) is -0.866. The van der Waals surface area contributed by atoms with Crippen LogP contribution in [-0.2, 0) is 23.8 Å². The van der Waals surface area contributed by atoms with Crippen molar-refractivity contribution in [3.05, 3.63) is 36.5 Å². The highest BCUT2D eigenvalue weighted by molar-refractivity contribution is 5.91. The molecular weight excluding hydrogens is 324 g/mol. The molecular formula is C19H22O6. The lowest BCUT2D eigenvalue weighted by Crippen LogP contribution is -2.38. The molecule has 2 aliphatic heterocycles. The molecule has 0 aromatic rings. The van der Waals surface area contributed by atoms with Crippen molar-refractivity contribution in [3.8, 4) is 0 Å². The normalized spacial score (nSPS) is 45.5. The zero-order valence-electron chi connectivity index (χ0n) is 14.2. The first kappa shape index (κ1) is 16.5. The minimum Gasteiger partial charge on any atom is -0.459 e. The third-order valence-corrected chi connectivity index (χ3v) is 6.04. The van der Waals surface area contributed by atoms with Crippen LogP contribution in [0.2, 0.25) is 0 Å². The molecule has 2 saturated carbocycles. The van der Waals surface area contributed by atoms with Crippen molar-refractivity contribution in [2.75, 3.05) is 6.61 Å². The summed E-state index contributed by atoms with van der Waals surface area (Å²) in [7, 11) is 0. The second-order valence-electron chi connectivity index (χ2n) is 7.71. The third-order valence-electron chi connectivity index (χ3n) is 6.04. The minimum atomic E-state index is -0.899. The maximum absolute atomic E-state index is 12.4. The molecule has 4 rings (SSSR count). The molecule has 2 aliphatic carbocycles. The maximum atomic E-state index is 12.4. The number of carbonyl (C=O) groups is 2. The van der Waals surface area contributed by atoms with E-state index in [-0.39, 0.29) is 11.8 Å². The van der Waals surface area contributed by atoms with E-state index in [1.54, 1.807) is 6.92 Å². The van der Waals surface area contributed by atoms with Crippen LogP contribution >= 0.6 is 0 Å². The van der Waals surface area contributed by atoms with Gasteiger partial charge in [-0.05, 0) is 24.8 Å². The number of aliphatic hydroxyl groups is 1. The molecule has 1 N–H and O–H groups in total. The van der Waals surface area contributed by atoms with Crippen molar-refractivity contribution < 1.29 is 28.9 Å². The highest BCUT2D eigenvalue weighted by Crippen LogP contribution is 2.52. The van der Waals surface area contributed by atoms with Crippen molar-refractivity contribution in [2.24, 2.45) is 17.8 Å². The Morgan fingerprint density at radius 3 is 2.64 bits per heavy atom. The average molecular weight is 346 g/mol. The second kappa shape index (κ2) is 5.29. The summed E-state index contributed by atoms with van der Waals surface area (Å²) in [5, 5.41) is 10.2. The number of aliphatic hydroxyl groups excluding tert-OH is 1. The number of hydrogen-bond acceptors (Lipinski definition) is 6. The van der Waals surface area contributed by atoms with Gasteiger partial charge in [-0.15, -0.1) is 0 Å². The topological polar surface area (TPSA) is 85.4 Å². The van der Waals surface area contributed by atoms with Crippen molar-refractivity contribution in [1.29, 1.82) is 0 Å². The van der Waals surface area contributed by atoms with E-state index in [2.05, 4.69) is 19.7 Å². The van der Waals surface area contributed by atoms with E-state index in [9.17, 15) is 14.7 Å². The molecule has 0 unspecified atom stereocenters. The molecule has 25 heavy (non-hydrogen) atoms. The highest BCUT2D eigenvalue weighted by Gasteiger charge is 2.58. The maximum Gasteiger partial charge on any atom is 0.340 e. The first-order valence-electron chi connectivity index (χ1n) is 8.52. The lowest BCUT2D eigenvalue weighted by atomic mass is 9.81. The van der Waals surface area contributed by atoms with Gasteiger partial charge in [0.2, 0.25) is 0 Å². The fraction of sp³-hybridized carbons (Fsp3) is 0.579. The molecule has 0 aromatic heterocycles. The Hall–Kier alpha value is -1.92. The van der Waals surface area contributed by atoms with E-state index in [0.717, 1.165) is 5.57 Å². The summed E-state index contributed by atoms with van der Waals surface area (Å²) >= 11 is 0. The number of carbonyl (C=O) groups excluding carboxylic acids is 2. The van der Waals surface area contributed by atoms with Crippen LogP contribution in [0, 0.1) is 17.8 Å². The Bertz CT molecular complexity index is 703. The number of epoxide rings is 1. The fourth-order valence-electron chi connectivity index (χ4n) is 4.36. The Kier molecular flexibility index (Phi) is 3.50. The molecule has 6 nitrogen and oxygen atoms in total. The molecule has 4 fully saturated rings. The molecule has 0 aromatic carbocycles. The van der Waals surface area contributed by atoms with E-state index >= 15 is 0 Å². The van der Waals surface area contributed by atoms with E-state index in [4.69, 9.17) is 14.2 Å². The van der Waals surface area contributed by atoms with E-state index in [1.807, 2.05) is 0 Å². The molecule has 6 heteroatoms. The average Bonchev–Trinajstić information content (AvgIpc) is 3.17.